The molecule has 3 aromatic heterocycles. The molecule has 0 aromatic carbocycles. The van der Waals surface area contributed by atoms with Gasteiger partial charge in [-0.3, -0.25) is 4.79 Å². The lowest BCUT2D eigenvalue weighted by molar-refractivity contribution is -0.664. The number of fused-ring (bicyclic) bond motifs is 1. The highest BCUT2D eigenvalue weighted by Crippen LogP contribution is 2.12. The fraction of sp³-hybridized carbons (Fsp3) is 0.182. The van der Waals surface area contributed by atoms with Gasteiger partial charge in [-0.1, -0.05) is 0 Å². The Morgan fingerprint density at radius 3 is 2.83 bits per heavy atom. The van der Waals surface area contributed by atoms with Crippen molar-refractivity contribution in [2.45, 2.75) is 13.8 Å². The van der Waals surface area contributed by atoms with E-state index in [4.69, 9.17) is 0 Å². The Hall–Kier alpha value is -2.57. The summed E-state index contributed by atoms with van der Waals surface area (Å²) in [6.45, 7) is 3.70. The average Bonchev–Trinajstić information content (AvgIpc) is 2.94. The van der Waals surface area contributed by atoms with E-state index in [1.54, 1.807) is 11.0 Å². The van der Waals surface area contributed by atoms with Gasteiger partial charge in [0.2, 0.25) is 6.33 Å². The van der Waals surface area contributed by atoms with Crippen LogP contribution in [0.1, 0.15) is 21.7 Å². The van der Waals surface area contributed by atoms with E-state index in [1.165, 1.54) is 6.33 Å². The Balaban J connectivity index is 2.33. The minimum atomic E-state index is 0.590. The van der Waals surface area contributed by atoms with E-state index in [1.807, 2.05) is 13.8 Å². The number of aromatic amines is 2. The number of nitrogens with zero attached hydrogens (tertiary/aromatic N) is 4. The van der Waals surface area contributed by atoms with E-state index in [0.29, 0.717) is 17.0 Å². The largest absolute Gasteiger partial charge is 0.376 e. The van der Waals surface area contributed by atoms with Crippen molar-refractivity contribution in [1.82, 2.24) is 25.0 Å². The highest BCUT2D eigenvalue weighted by molar-refractivity contribution is 5.78. The monoisotopic (exact) mass is 243 g/mol. The Morgan fingerprint density at radius 1 is 1.28 bits per heavy atom. The molecule has 0 saturated heterocycles. The van der Waals surface area contributed by atoms with E-state index >= 15 is 0 Å². The Kier molecular flexibility index (Phi) is 2.19. The molecule has 7 nitrogen and oxygen atoms in total. The van der Waals surface area contributed by atoms with Crippen molar-refractivity contribution in [1.29, 1.82) is 0 Å². The number of rotatable bonds is 2. The van der Waals surface area contributed by atoms with Crippen LogP contribution in [0.25, 0.3) is 17.0 Å². The number of aromatic nitrogens is 6. The summed E-state index contributed by atoms with van der Waals surface area (Å²) in [6, 6.07) is 0. The number of carbonyl (C=O) groups excluding carboxylic acids is 1. The first-order valence-electron chi connectivity index (χ1n) is 5.43. The van der Waals surface area contributed by atoms with Crippen molar-refractivity contribution in [3.63, 3.8) is 0 Å². The van der Waals surface area contributed by atoms with Crippen LogP contribution >= 0.6 is 0 Å². The molecule has 0 aliphatic heterocycles. The Morgan fingerprint density at radius 2 is 2.11 bits per heavy atom. The molecule has 0 radical (unpaired) electrons. The number of aryl methyl sites for hydroxylation is 1. The molecule has 0 saturated carbocycles. The number of nitrogens with one attached hydrogen (secondary N) is 2. The van der Waals surface area contributed by atoms with Crippen molar-refractivity contribution < 1.29 is 9.48 Å². The summed E-state index contributed by atoms with van der Waals surface area (Å²) >= 11 is 0. The lowest BCUT2D eigenvalue weighted by Gasteiger charge is -1.94. The molecule has 0 aliphatic rings. The number of H-pyrrole nitrogens is 2. The van der Waals surface area contributed by atoms with Crippen molar-refractivity contribution in [3.8, 4) is 5.82 Å². The number of carbonyl (C=O) groups is 1. The maximum atomic E-state index is 11.0. The molecule has 7 heteroatoms. The summed E-state index contributed by atoms with van der Waals surface area (Å²) in [7, 11) is 0. The molecular weight excluding hydrogens is 232 g/mol. The Labute approximate surface area is 102 Å². The van der Waals surface area contributed by atoms with Crippen LogP contribution in [0.15, 0.2) is 12.7 Å². The summed E-state index contributed by atoms with van der Waals surface area (Å²) in [5.74, 6) is 0.645. The fourth-order valence-corrected chi connectivity index (χ4v) is 2.01. The van der Waals surface area contributed by atoms with Gasteiger partial charge in [0.25, 0.3) is 0 Å². The minimum absolute atomic E-state index is 0.590. The zero-order chi connectivity index (χ0) is 12.7. The summed E-state index contributed by atoms with van der Waals surface area (Å²) in [6.07, 6.45) is 3.85. The van der Waals surface area contributed by atoms with E-state index in [2.05, 4.69) is 25.0 Å². The third kappa shape index (κ3) is 1.33. The summed E-state index contributed by atoms with van der Waals surface area (Å²) in [4.78, 5) is 26.4. The molecule has 0 aliphatic carbocycles. The number of hydrogen-bond donors (Lipinski definition) is 2. The highest BCUT2D eigenvalue weighted by atomic mass is 16.1. The summed E-state index contributed by atoms with van der Waals surface area (Å²) in [5.41, 5.74) is 3.56. The van der Waals surface area contributed by atoms with Gasteiger partial charge in [-0.25, -0.2) is 10.1 Å². The van der Waals surface area contributed by atoms with Gasteiger partial charge in [0.15, 0.2) is 17.5 Å². The van der Waals surface area contributed by atoms with E-state index in [-0.39, 0.29) is 0 Å². The van der Waals surface area contributed by atoms with E-state index in [0.717, 1.165) is 23.2 Å². The lowest BCUT2D eigenvalue weighted by atomic mass is 10.2. The smallest absolute Gasteiger partial charge is 0.336 e. The van der Waals surface area contributed by atoms with Gasteiger partial charge in [-0.05, 0) is 11.9 Å². The van der Waals surface area contributed by atoms with Gasteiger partial charge < -0.3 is 4.98 Å². The zero-order valence-corrected chi connectivity index (χ0v) is 9.93. The van der Waals surface area contributed by atoms with Gasteiger partial charge in [0.1, 0.15) is 5.69 Å². The van der Waals surface area contributed by atoms with Crippen molar-refractivity contribution in [2.75, 3.05) is 0 Å². The molecule has 3 rings (SSSR count). The maximum Gasteiger partial charge on any atom is 0.376 e. The third-order valence-corrected chi connectivity index (χ3v) is 2.94. The molecule has 0 atom stereocenters. The second-order valence-corrected chi connectivity index (χ2v) is 3.99. The summed E-state index contributed by atoms with van der Waals surface area (Å²) in [5, 5.41) is 3.11. The van der Waals surface area contributed by atoms with E-state index in [9.17, 15) is 4.79 Å². The topological polar surface area (TPSA) is 91.2 Å². The van der Waals surface area contributed by atoms with Crippen LogP contribution in [-0.2, 0) is 0 Å². The van der Waals surface area contributed by atoms with E-state index < -0.39 is 0 Å². The van der Waals surface area contributed by atoms with Crippen LogP contribution in [0.4, 0.5) is 0 Å². The van der Waals surface area contributed by atoms with Gasteiger partial charge in [-0.15, -0.1) is 4.68 Å². The SMILES string of the molecule is Cc1[nH][n+](-c2ncnc3nc[nH]c23)c(C)c1C=O. The molecular formula is C11H11N6O+. The molecule has 18 heavy (non-hydrogen) atoms. The van der Waals surface area contributed by atoms with Gasteiger partial charge >= 0.3 is 5.82 Å². The van der Waals surface area contributed by atoms with Crippen LogP contribution < -0.4 is 4.68 Å². The van der Waals surface area contributed by atoms with Gasteiger partial charge in [0, 0.05) is 6.92 Å². The number of aldehydes is 1. The lowest BCUT2D eigenvalue weighted by Crippen LogP contribution is -2.37. The molecule has 0 spiro atoms. The average molecular weight is 243 g/mol. The van der Waals surface area contributed by atoms with Crippen LogP contribution in [0.3, 0.4) is 0 Å². The van der Waals surface area contributed by atoms with Crippen LogP contribution in [-0.4, -0.2) is 31.3 Å². The molecule has 3 aromatic rings. The number of hydrogen-bond acceptors (Lipinski definition) is 4. The second-order valence-electron chi connectivity index (χ2n) is 3.99. The molecule has 0 unspecified atom stereocenters. The zero-order valence-electron chi connectivity index (χ0n) is 9.93. The molecule has 0 bridgehead atoms. The second kappa shape index (κ2) is 3.73. The molecule has 90 valence electrons. The van der Waals surface area contributed by atoms with Crippen LogP contribution in [0.5, 0.6) is 0 Å². The molecule has 0 amide bonds. The predicted molar refractivity (Wildman–Crippen MR) is 62.4 cm³/mol. The molecule has 2 N–H and O–H groups in total. The minimum Gasteiger partial charge on any atom is -0.336 e. The third-order valence-electron chi connectivity index (χ3n) is 2.94. The summed E-state index contributed by atoms with van der Waals surface area (Å²) < 4.78 is 1.75. The van der Waals surface area contributed by atoms with Crippen molar-refractivity contribution in [2.24, 2.45) is 0 Å². The molecule has 3 heterocycles. The van der Waals surface area contributed by atoms with Gasteiger partial charge in [-0.2, -0.15) is 4.98 Å². The van der Waals surface area contributed by atoms with Crippen LogP contribution in [0.2, 0.25) is 0 Å². The predicted octanol–water partition coefficient (Wildman–Crippen LogP) is 0.387. The first-order valence-corrected chi connectivity index (χ1v) is 5.43. The van der Waals surface area contributed by atoms with Crippen molar-refractivity contribution in [3.05, 3.63) is 29.6 Å². The van der Waals surface area contributed by atoms with Crippen molar-refractivity contribution >= 4 is 17.5 Å². The van der Waals surface area contributed by atoms with Gasteiger partial charge in [0.05, 0.1) is 17.6 Å². The van der Waals surface area contributed by atoms with Crippen LogP contribution in [0, 0.1) is 13.8 Å². The first-order chi connectivity index (χ1) is 8.72. The Bertz CT molecular complexity index is 741. The number of imidazole rings is 1. The highest BCUT2D eigenvalue weighted by Gasteiger charge is 2.23. The standard InChI is InChI=1S/C11H10N6O/c1-6-8(3-18)7(2)17(16-6)11-9-10(13-4-12-9)14-5-15-11/h3-5H,1-2H3,(H,12,13,14,15)/p+1. The quantitative estimate of drug-likeness (QED) is 0.503. The maximum absolute atomic E-state index is 11.0. The fourth-order valence-electron chi connectivity index (χ4n) is 2.01. The first kappa shape index (κ1) is 10.6. The normalized spacial score (nSPS) is 11.0. The molecule has 0 fully saturated rings.